The lowest BCUT2D eigenvalue weighted by molar-refractivity contribution is 0.403. The number of benzene rings is 2. The first-order valence-corrected chi connectivity index (χ1v) is 9.29. The van der Waals surface area contributed by atoms with Gasteiger partial charge in [-0.15, -0.1) is 0 Å². The largest absolute Gasteiger partial charge is 0.494 e. The van der Waals surface area contributed by atoms with Crippen LogP contribution in [0.25, 0.3) is 0 Å². The maximum Gasteiger partial charge on any atom is 0.268 e. The van der Waals surface area contributed by atoms with Crippen LogP contribution in [-0.2, 0) is 16.4 Å². The van der Waals surface area contributed by atoms with Crippen molar-refractivity contribution in [3.05, 3.63) is 52.0 Å². The molecule has 1 aliphatic heterocycles. The van der Waals surface area contributed by atoms with Crippen LogP contribution in [0.15, 0.2) is 41.3 Å². The highest BCUT2D eigenvalue weighted by atomic mass is 35.5. The van der Waals surface area contributed by atoms with Crippen molar-refractivity contribution in [2.45, 2.75) is 17.7 Å². The molecule has 3 rings (SSSR count). The summed E-state index contributed by atoms with van der Waals surface area (Å²) in [7, 11) is -2.42. The number of anilines is 1. The Kier molecular flexibility index (Phi) is 4.45. The van der Waals surface area contributed by atoms with Gasteiger partial charge in [-0.05, 0) is 36.6 Å². The number of aryl methyl sites for hydroxylation is 1. The maximum atomic E-state index is 13.1. The summed E-state index contributed by atoms with van der Waals surface area (Å²) in [6, 6.07) is 10.4. The number of nitrogens with zero attached hydrogens (tertiary/aromatic N) is 1. The number of sulfonamides is 1. The Morgan fingerprint density at radius 3 is 2.61 bits per heavy atom. The molecule has 7 heteroatoms. The van der Waals surface area contributed by atoms with Gasteiger partial charge in [-0.2, -0.15) is 0 Å². The van der Waals surface area contributed by atoms with Crippen LogP contribution in [0.2, 0.25) is 10.0 Å². The molecule has 2 aromatic rings. The lowest BCUT2D eigenvalue weighted by Crippen LogP contribution is -2.35. The Morgan fingerprint density at radius 1 is 1.13 bits per heavy atom. The van der Waals surface area contributed by atoms with Gasteiger partial charge < -0.3 is 4.74 Å². The van der Waals surface area contributed by atoms with Crippen molar-refractivity contribution in [1.29, 1.82) is 0 Å². The maximum absolute atomic E-state index is 13.1. The molecule has 0 aromatic heterocycles. The Balaban J connectivity index is 2.16. The molecule has 0 N–H and O–H groups in total. The molecule has 0 saturated heterocycles. The smallest absolute Gasteiger partial charge is 0.268 e. The van der Waals surface area contributed by atoms with Gasteiger partial charge >= 0.3 is 0 Å². The summed E-state index contributed by atoms with van der Waals surface area (Å²) in [6.45, 7) is 0.419. The number of hydrogen-bond acceptors (Lipinski definition) is 3. The highest BCUT2D eigenvalue weighted by Gasteiger charge is 2.32. The van der Waals surface area contributed by atoms with Crippen molar-refractivity contribution < 1.29 is 13.2 Å². The first-order chi connectivity index (χ1) is 11.0. The number of rotatable bonds is 3. The van der Waals surface area contributed by atoms with E-state index in [-0.39, 0.29) is 20.7 Å². The Labute approximate surface area is 145 Å². The normalized spacial score (nSPS) is 14.5. The van der Waals surface area contributed by atoms with E-state index in [1.807, 2.05) is 24.3 Å². The lowest BCUT2D eigenvalue weighted by atomic mass is 10.0. The van der Waals surface area contributed by atoms with Gasteiger partial charge in [0.2, 0.25) is 0 Å². The molecule has 0 saturated carbocycles. The molecule has 0 unspecified atom stereocenters. The number of hydrogen-bond donors (Lipinski definition) is 0. The number of para-hydroxylation sites is 1. The molecule has 0 aliphatic carbocycles. The predicted octanol–water partition coefficient (Wildman–Crippen LogP) is 4.14. The third-order valence-corrected chi connectivity index (χ3v) is 6.48. The second-order valence-electron chi connectivity index (χ2n) is 5.20. The van der Waals surface area contributed by atoms with E-state index in [2.05, 4.69) is 0 Å². The van der Waals surface area contributed by atoms with Crippen molar-refractivity contribution in [2.75, 3.05) is 18.0 Å². The Bertz CT molecular complexity index is 852. The van der Waals surface area contributed by atoms with E-state index in [9.17, 15) is 8.42 Å². The van der Waals surface area contributed by atoms with Gasteiger partial charge in [-0.1, -0.05) is 41.4 Å². The van der Waals surface area contributed by atoms with E-state index in [1.165, 1.54) is 23.5 Å². The standard InChI is InChI=1S/C16H15Cl2NO3S/c1-22-16-14(9-8-12(17)15(16)18)23(20,21)19-10-4-6-11-5-2-3-7-13(11)19/h2-3,5,7-9H,4,6,10H2,1H3. The summed E-state index contributed by atoms with van der Waals surface area (Å²) >= 11 is 12.1. The minimum atomic E-state index is -3.79. The fourth-order valence-electron chi connectivity index (χ4n) is 2.78. The van der Waals surface area contributed by atoms with E-state index in [1.54, 1.807) is 0 Å². The molecule has 1 aliphatic rings. The summed E-state index contributed by atoms with van der Waals surface area (Å²) in [6.07, 6.45) is 1.63. The Morgan fingerprint density at radius 2 is 1.87 bits per heavy atom. The van der Waals surface area contributed by atoms with Gasteiger partial charge in [0.05, 0.1) is 17.8 Å². The van der Waals surface area contributed by atoms with Crippen LogP contribution in [0.3, 0.4) is 0 Å². The SMILES string of the molecule is COc1c(S(=O)(=O)N2CCCc3ccccc32)ccc(Cl)c1Cl. The van der Waals surface area contributed by atoms with E-state index in [0.717, 1.165) is 18.4 Å². The van der Waals surface area contributed by atoms with Gasteiger partial charge in [-0.3, -0.25) is 4.31 Å². The second-order valence-corrected chi connectivity index (χ2v) is 7.82. The lowest BCUT2D eigenvalue weighted by Gasteiger charge is -2.31. The quantitative estimate of drug-likeness (QED) is 0.814. The first kappa shape index (κ1) is 16.4. The zero-order valence-corrected chi connectivity index (χ0v) is 14.7. The molecule has 0 bridgehead atoms. The zero-order valence-electron chi connectivity index (χ0n) is 12.4. The minimum absolute atomic E-state index is 0.0195. The van der Waals surface area contributed by atoms with Gasteiger partial charge in [0.25, 0.3) is 10.0 Å². The average molecular weight is 372 g/mol. The first-order valence-electron chi connectivity index (χ1n) is 7.09. The molecule has 1 heterocycles. The summed E-state index contributed by atoms with van der Waals surface area (Å²) in [5.74, 6) is 0.0715. The minimum Gasteiger partial charge on any atom is -0.494 e. The molecular weight excluding hydrogens is 357 g/mol. The van der Waals surface area contributed by atoms with Crippen LogP contribution in [-0.4, -0.2) is 22.1 Å². The van der Waals surface area contributed by atoms with E-state index < -0.39 is 10.0 Å². The van der Waals surface area contributed by atoms with Crippen molar-refractivity contribution in [2.24, 2.45) is 0 Å². The topological polar surface area (TPSA) is 46.6 Å². The molecular formula is C16H15Cl2NO3S. The summed E-state index contributed by atoms with van der Waals surface area (Å²) in [5, 5.41) is 0.349. The third kappa shape index (κ3) is 2.77. The molecule has 4 nitrogen and oxygen atoms in total. The second kappa shape index (κ2) is 6.23. The van der Waals surface area contributed by atoms with Crippen LogP contribution in [0.1, 0.15) is 12.0 Å². The Hall–Kier alpha value is -1.43. The van der Waals surface area contributed by atoms with Gasteiger partial charge in [0, 0.05) is 6.54 Å². The van der Waals surface area contributed by atoms with Crippen LogP contribution in [0.5, 0.6) is 5.75 Å². The van der Waals surface area contributed by atoms with Gasteiger partial charge in [0.1, 0.15) is 9.92 Å². The van der Waals surface area contributed by atoms with Crippen LogP contribution in [0, 0.1) is 0 Å². The third-order valence-electron chi connectivity index (χ3n) is 3.85. The van der Waals surface area contributed by atoms with E-state index >= 15 is 0 Å². The van der Waals surface area contributed by atoms with Crippen LogP contribution < -0.4 is 9.04 Å². The predicted molar refractivity (Wildman–Crippen MR) is 92.3 cm³/mol. The number of ether oxygens (including phenoxy) is 1. The summed E-state index contributed by atoms with van der Waals surface area (Å²) in [5.41, 5.74) is 1.72. The molecule has 122 valence electrons. The van der Waals surface area contributed by atoms with Gasteiger partial charge in [-0.25, -0.2) is 8.42 Å². The van der Waals surface area contributed by atoms with Crippen molar-refractivity contribution in [1.82, 2.24) is 0 Å². The molecule has 0 spiro atoms. The van der Waals surface area contributed by atoms with Crippen LogP contribution in [0.4, 0.5) is 5.69 Å². The highest BCUT2D eigenvalue weighted by Crippen LogP contribution is 2.40. The molecule has 0 fully saturated rings. The average Bonchev–Trinajstić information content (AvgIpc) is 2.56. The number of halogens is 2. The molecule has 0 radical (unpaired) electrons. The number of fused-ring (bicyclic) bond motifs is 1. The van der Waals surface area contributed by atoms with Crippen molar-refractivity contribution >= 4 is 38.9 Å². The van der Waals surface area contributed by atoms with E-state index in [4.69, 9.17) is 27.9 Å². The molecule has 0 amide bonds. The fraction of sp³-hybridized carbons (Fsp3) is 0.250. The van der Waals surface area contributed by atoms with Crippen molar-refractivity contribution in [3.8, 4) is 5.75 Å². The summed E-state index contributed by atoms with van der Waals surface area (Å²) < 4.78 is 32.9. The van der Waals surface area contributed by atoms with E-state index in [0.29, 0.717) is 12.2 Å². The van der Waals surface area contributed by atoms with Crippen molar-refractivity contribution in [3.63, 3.8) is 0 Å². The zero-order chi connectivity index (χ0) is 16.6. The van der Waals surface area contributed by atoms with Gasteiger partial charge in [0.15, 0.2) is 5.75 Å². The fourth-order valence-corrected chi connectivity index (χ4v) is 4.93. The summed E-state index contributed by atoms with van der Waals surface area (Å²) in [4.78, 5) is 0.0195. The van der Waals surface area contributed by atoms with Crippen LogP contribution >= 0.6 is 23.2 Å². The number of methoxy groups -OCH3 is 1. The molecule has 0 atom stereocenters. The molecule has 23 heavy (non-hydrogen) atoms. The molecule has 2 aromatic carbocycles. The highest BCUT2D eigenvalue weighted by molar-refractivity contribution is 7.93. The monoisotopic (exact) mass is 371 g/mol.